The molecular weight excluding hydrogens is 278 g/mol. The van der Waals surface area contributed by atoms with E-state index in [9.17, 15) is 9.59 Å². The zero-order chi connectivity index (χ0) is 15.3. The van der Waals surface area contributed by atoms with Crippen LogP contribution in [0.4, 0.5) is 0 Å². The van der Waals surface area contributed by atoms with E-state index in [-0.39, 0.29) is 24.8 Å². The van der Waals surface area contributed by atoms with E-state index < -0.39 is 11.4 Å². The maximum Gasteiger partial charge on any atom is 0.303 e. The van der Waals surface area contributed by atoms with Crippen molar-refractivity contribution >= 4 is 23.5 Å². The third kappa shape index (κ3) is 5.61. The number of rotatable bonds is 6. The van der Waals surface area contributed by atoms with Gasteiger partial charge < -0.3 is 10.4 Å². The molecule has 1 rings (SSSR count). The first-order chi connectivity index (χ1) is 9.19. The second-order valence-electron chi connectivity index (χ2n) is 5.75. The summed E-state index contributed by atoms with van der Waals surface area (Å²) in [4.78, 5) is 22.7. The molecule has 0 fully saturated rings. The van der Waals surface area contributed by atoms with Gasteiger partial charge in [-0.05, 0) is 30.0 Å². The number of carboxylic acid groups (broad SMARTS) is 1. The fourth-order valence-electron chi connectivity index (χ4n) is 2.03. The number of amides is 1. The Balaban J connectivity index is 2.57. The topological polar surface area (TPSA) is 66.4 Å². The number of hydrogen-bond donors (Lipinski definition) is 2. The number of carboxylic acids is 1. The van der Waals surface area contributed by atoms with Crippen LogP contribution >= 0.6 is 11.6 Å². The molecule has 1 aromatic rings. The molecule has 1 atom stereocenters. The summed E-state index contributed by atoms with van der Waals surface area (Å²) >= 11 is 5.81. The molecule has 0 saturated carbocycles. The van der Waals surface area contributed by atoms with Crippen LogP contribution < -0.4 is 5.32 Å². The molecule has 0 radical (unpaired) electrons. The highest BCUT2D eigenvalue weighted by atomic mass is 35.5. The molecule has 0 aliphatic rings. The van der Waals surface area contributed by atoms with Gasteiger partial charge in [-0.15, -0.1) is 0 Å². The quantitative estimate of drug-likeness (QED) is 0.845. The maximum atomic E-state index is 12.0. The summed E-state index contributed by atoms with van der Waals surface area (Å²) in [6.45, 7) is 5.42. The lowest BCUT2D eigenvalue weighted by Crippen LogP contribution is -2.31. The van der Waals surface area contributed by atoms with Gasteiger partial charge in [0.1, 0.15) is 0 Å². The van der Waals surface area contributed by atoms with Gasteiger partial charge in [0.05, 0.1) is 12.5 Å². The molecular formula is C15H20ClNO3. The van der Waals surface area contributed by atoms with Crippen LogP contribution in [0.2, 0.25) is 5.02 Å². The van der Waals surface area contributed by atoms with Crippen LogP contribution in [-0.4, -0.2) is 17.0 Å². The summed E-state index contributed by atoms with van der Waals surface area (Å²) in [6, 6.07) is 7.12. The van der Waals surface area contributed by atoms with Gasteiger partial charge in [0.15, 0.2) is 0 Å². The highest BCUT2D eigenvalue weighted by Gasteiger charge is 2.25. The summed E-state index contributed by atoms with van der Waals surface area (Å²) in [7, 11) is 0. The molecule has 0 aliphatic carbocycles. The molecule has 0 aromatic heterocycles. The number of nitrogens with one attached hydrogen (secondary N) is 1. The van der Waals surface area contributed by atoms with Gasteiger partial charge in [-0.3, -0.25) is 9.59 Å². The summed E-state index contributed by atoms with van der Waals surface area (Å²) in [6.07, 6.45) is 0.146. The molecule has 1 amide bonds. The van der Waals surface area contributed by atoms with Crippen LogP contribution in [0.3, 0.4) is 0 Å². The van der Waals surface area contributed by atoms with Gasteiger partial charge in [-0.2, -0.15) is 0 Å². The Hall–Kier alpha value is -1.55. The van der Waals surface area contributed by atoms with E-state index >= 15 is 0 Å². The van der Waals surface area contributed by atoms with Crippen LogP contribution in [0.25, 0.3) is 0 Å². The average molecular weight is 298 g/mol. The minimum Gasteiger partial charge on any atom is -0.481 e. The first kappa shape index (κ1) is 16.5. The van der Waals surface area contributed by atoms with Crippen LogP contribution in [0.5, 0.6) is 0 Å². The van der Waals surface area contributed by atoms with Crippen molar-refractivity contribution in [1.29, 1.82) is 0 Å². The lowest BCUT2D eigenvalue weighted by atomic mass is 9.85. The lowest BCUT2D eigenvalue weighted by molar-refractivity contribution is -0.139. The molecule has 110 valence electrons. The molecule has 2 N–H and O–H groups in total. The van der Waals surface area contributed by atoms with Gasteiger partial charge in [-0.1, -0.05) is 37.6 Å². The first-order valence-electron chi connectivity index (χ1n) is 6.46. The number of halogens is 1. The SMILES string of the molecule is CC(NC(=O)CC(C)(C)CC(=O)O)c1ccc(Cl)cc1. The third-order valence-electron chi connectivity index (χ3n) is 3.02. The van der Waals surface area contributed by atoms with E-state index in [1.807, 2.05) is 19.1 Å². The molecule has 1 unspecified atom stereocenters. The van der Waals surface area contributed by atoms with E-state index in [1.165, 1.54) is 0 Å². The van der Waals surface area contributed by atoms with E-state index in [0.29, 0.717) is 5.02 Å². The van der Waals surface area contributed by atoms with Crippen LogP contribution in [0.1, 0.15) is 45.2 Å². The normalized spacial score (nSPS) is 12.8. The van der Waals surface area contributed by atoms with E-state index in [1.54, 1.807) is 26.0 Å². The molecule has 0 saturated heterocycles. The van der Waals surface area contributed by atoms with Crippen molar-refractivity contribution in [2.45, 2.75) is 39.7 Å². The van der Waals surface area contributed by atoms with Crippen molar-refractivity contribution in [3.8, 4) is 0 Å². The highest BCUT2D eigenvalue weighted by Crippen LogP contribution is 2.25. The van der Waals surface area contributed by atoms with Gasteiger partial charge in [0.25, 0.3) is 0 Å². The minimum absolute atomic E-state index is 0.0320. The summed E-state index contributed by atoms with van der Waals surface area (Å²) < 4.78 is 0. The highest BCUT2D eigenvalue weighted by molar-refractivity contribution is 6.30. The van der Waals surface area contributed by atoms with Crippen LogP contribution in [0.15, 0.2) is 24.3 Å². The summed E-state index contributed by atoms with van der Waals surface area (Å²) in [5.41, 5.74) is 0.397. The van der Waals surface area contributed by atoms with Crippen molar-refractivity contribution in [3.05, 3.63) is 34.9 Å². The van der Waals surface area contributed by atoms with Crippen molar-refractivity contribution in [3.63, 3.8) is 0 Å². The molecule has 4 nitrogen and oxygen atoms in total. The Morgan fingerprint density at radius 2 is 1.80 bits per heavy atom. The minimum atomic E-state index is -0.895. The third-order valence-corrected chi connectivity index (χ3v) is 3.27. The second-order valence-corrected chi connectivity index (χ2v) is 6.19. The fourth-order valence-corrected chi connectivity index (χ4v) is 2.16. The van der Waals surface area contributed by atoms with Gasteiger partial charge >= 0.3 is 5.97 Å². The van der Waals surface area contributed by atoms with Gasteiger partial charge in [0.2, 0.25) is 5.91 Å². The number of carbonyl (C=O) groups excluding carboxylic acids is 1. The van der Waals surface area contributed by atoms with Crippen molar-refractivity contribution in [1.82, 2.24) is 5.32 Å². The Bertz CT molecular complexity index is 482. The molecule has 0 spiro atoms. The fraction of sp³-hybridized carbons (Fsp3) is 0.467. The molecule has 0 bridgehead atoms. The molecule has 0 heterocycles. The largest absolute Gasteiger partial charge is 0.481 e. The Morgan fingerprint density at radius 3 is 2.30 bits per heavy atom. The second kappa shape index (κ2) is 6.75. The number of aliphatic carboxylic acids is 1. The first-order valence-corrected chi connectivity index (χ1v) is 6.84. The summed E-state index contributed by atoms with van der Waals surface area (Å²) in [5, 5.41) is 12.3. The molecule has 0 aliphatic heterocycles. The van der Waals surface area contributed by atoms with Gasteiger partial charge in [-0.25, -0.2) is 0 Å². The van der Waals surface area contributed by atoms with E-state index in [0.717, 1.165) is 5.56 Å². The predicted octanol–water partition coefficient (Wildman–Crippen LogP) is 3.41. The van der Waals surface area contributed by atoms with Crippen LogP contribution in [-0.2, 0) is 9.59 Å². The maximum absolute atomic E-state index is 12.0. The van der Waals surface area contributed by atoms with E-state index in [4.69, 9.17) is 16.7 Å². The van der Waals surface area contributed by atoms with E-state index in [2.05, 4.69) is 5.32 Å². The number of hydrogen-bond acceptors (Lipinski definition) is 2. The Labute approximate surface area is 124 Å². The molecule has 5 heteroatoms. The average Bonchev–Trinajstić information content (AvgIpc) is 2.26. The monoisotopic (exact) mass is 297 g/mol. The predicted molar refractivity (Wildman–Crippen MR) is 78.7 cm³/mol. The van der Waals surface area contributed by atoms with Crippen molar-refractivity contribution in [2.24, 2.45) is 5.41 Å². The lowest BCUT2D eigenvalue weighted by Gasteiger charge is -2.23. The Kier molecular flexibility index (Phi) is 5.57. The zero-order valence-electron chi connectivity index (χ0n) is 11.9. The number of benzene rings is 1. The van der Waals surface area contributed by atoms with Crippen molar-refractivity contribution in [2.75, 3.05) is 0 Å². The molecule has 1 aromatic carbocycles. The van der Waals surface area contributed by atoms with Gasteiger partial charge in [0, 0.05) is 11.4 Å². The standard InChI is InChI=1S/C15H20ClNO3/c1-10(11-4-6-12(16)7-5-11)17-13(18)8-15(2,3)9-14(19)20/h4-7,10H,8-9H2,1-3H3,(H,17,18)(H,19,20). The zero-order valence-corrected chi connectivity index (χ0v) is 12.7. The smallest absolute Gasteiger partial charge is 0.303 e. The number of carbonyl (C=O) groups is 2. The summed E-state index contributed by atoms with van der Waals surface area (Å²) in [5.74, 6) is -1.05. The van der Waals surface area contributed by atoms with Crippen LogP contribution in [0, 0.1) is 5.41 Å². The Morgan fingerprint density at radius 1 is 1.25 bits per heavy atom. The molecule has 20 heavy (non-hydrogen) atoms. The van der Waals surface area contributed by atoms with Crippen molar-refractivity contribution < 1.29 is 14.7 Å².